The van der Waals surface area contributed by atoms with E-state index < -0.39 is 0 Å². The Balaban J connectivity index is 1.04. The van der Waals surface area contributed by atoms with E-state index in [0.29, 0.717) is 23.1 Å². The number of unbranched alkanes of at least 4 members (excludes halogenated alkanes) is 1. The highest BCUT2D eigenvalue weighted by molar-refractivity contribution is 7.99. The van der Waals surface area contributed by atoms with E-state index in [9.17, 15) is 4.79 Å². The zero-order valence-electron chi connectivity index (χ0n) is 24.5. The first-order chi connectivity index (χ1) is 21.0. The SMILES string of the molecule is COc1ccccc1N1CCN(C(=O)CCCCSc2nnc3c4cc(C)ccc4n(Cc4cccc(Cl)c4)c3n2)CC1. The summed E-state index contributed by atoms with van der Waals surface area (Å²) in [5, 5.41) is 11.5. The molecule has 1 saturated heterocycles. The Labute approximate surface area is 261 Å². The summed E-state index contributed by atoms with van der Waals surface area (Å²) in [4.78, 5) is 22.1. The van der Waals surface area contributed by atoms with Crippen LogP contribution in [-0.2, 0) is 11.3 Å². The van der Waals surface area contributed by atoms with E-state index in [1.54, 1.807) is 18.9 Å². The number of thioether (sulfide) groups is 1. The molecule has 0 aliphatic carbocycles. The Kier molecular flexibility index (Phi) is 9.00. The number of benzene rings is 3. The first kappa shape index (κ1) is 29.3. The van der Waals surface area contributed by atoms with E-state index in [1.165, 1.54) is 5.56 Å². The van der Waals surface area contributed by atoms with Gasteiger partial charge in [0.05, 0.1) is 18.3 Å². The minimum absolute atomic E-state index is 0.227. The number of hydrogen-bond acceptors (Lipinski definition) is 7. The van der Waals surface area contributed by atoms with Crippen LogP contribution in [-0.4, -0.2) is 69.6 Å². The van der Waals surface area contributed by atoms with Crippen LogP contribution in [0, 0.1) is 6.92 Å². The summed E-state index contributed by atoms with van der Waals surface area (Å²) < 4.78 is 7.71. The lowest BCUT2D eigenvalue weighted by molar-refractivity contribution is -0.131. The van der Waals surface area contributed by atoms with Crippen LogP contribution in [0.25, 0.3) is 22.1 Å². The van der Waals surface area contributed by atoms with Crippen molar-refractivity contribution in [2.45, 2.75) is 37.9 Å². The number of para-hydroxylation sites is 2. The summed E-state index contributed by atoms with van der Waals surface area (Å²) in [6.07, 6.45) is 2.30. The largest absolute Gasteiger partial charge is 0.495 e. The van der Waals surface area contributed by atoms with Crippen molar-refractivity contribution in [2.24, 2.45) is 0 Å². The molecule has 1 amide bonds. The number of halogens is 1. The lowest BCUT2D eigenvalue weighted by Gasteiger charge is -2.36. The van der Waals surface area contributed by atoms with Gasteiger partial charge in [-0.15, -0.1) is 10.2 Å². The lowest BCUT2D eigenvalue weighted by Crippen LogP contribution is -2.48. The molecule has 0 unspecified atom stereocenters. The van der Waals surface area contributed by atoms with Gasteiger partial charge in [-0.05, 0) is 61.7 Å². The van der Waals surface area contributed by atoms with Gasteiger partial charge in [0.15, 0.2) is 5.65 Å². The first-order valence-electron chi connectivity index (χ1n) is 14.7. The van der Waals surface area contributed by atoms with E-state index >= 15 is 0 Å². The van der Waals surface area contributed by atoms with Gasteiger partial charge in [0.2, 0.25) is 11.1 Å². The second-order valence-electron chi connectivity index (χ2n) is 10.8. The minimum Gasteiger partial charge on any atom is -0.495 e. The Morgan fingerprint density at radius 3 is 2.63 bits per heavy atom. The van der Waals surface area contributed by atoms with Crippen LogP contribution in [0.5, 0.6) is 5.75 Å². The van der Waals surface area contributed by atoms with Crippen LogP contribution in [0.1, 0.15) is 30.4 Å². The molecule has 3 heterocycles. The topological polar surface area (TPSA) is 76.4 Å². The summed E-state index contributed by atoms with van der Waals surface area (Å²) in [5.74, 6) is 1.93. The molecule has 1 aliphatic heterocycles. The van der Waals surface area contributed by atoms with Crippen molar-refractivity contribution in [3.05, 3.63) is 82.9 Å². The fraction of sp³-hybridized carbons (Fsp3) is 0.333. The van der Waals surface area contributed by atoms with Crippen molar-refractivity contribution in [2.75, 3.05) is 43.9 Å². The van der Waals surface area contributed by atoms with Crippen LogP contribution < -0.4 is 9.64 Å². The van der Waals surface area contributed by atoms with Gasteiger partial charge in [-0.25, -0.2) is 4.98 Å². The van der Waals surface area contributed by atoms with Gasteiger partial charge in [0.25, 0.3) is 0 Å². The van der Waals surface area contributed by atoms with Gasteiger partial charge in [-0.3, -0.25) is 4.79 Å². The number of carbonyl (C=O) groups excluding carboxylic acids is 1. The van der Waals surface area contributed by atoms with E-state index in [0.717, 1.165) is 83.8 Å². The standard InChI is InChI=1S/C33H35ClN6O2S/c1-23-13-14-27-26(20-23)31-32(40(27)22-24-8-7-9-25(34)21-24)35-33(37-36-31)43-19-6-5-12-30(41)39-17-15-38(16-18-39)28-10-3-4-11-29(28)42-2/h3-4,7-11,13-14,20-21H,5-6,12,15-19,22H2,1-2H3. The molecule has 0 N–H and O–H groups in total. The fourth-order valence-corrected chi connectivity index (χ4v) is 6.68. The third-order valence-corrected chi connectivity index (χ3v) is 9.07. The molecule has 0 saturated carbocycles. The van der Waals surface area contributed by atoms with Crippen molar-refractivity contribution < 1.29 is 9.53 Å². The molecule has 6 rings (SSSR count). The molecule has 1 aliphatic rings. The maximum atomic E-state index is 12.9. The second kappa shape index (κ2) is 13.2. The number of aryl methyl sites for hydroxylation is 1. The Hall–Kier alpha value is -3.82. The molecule has 0 spiro atoms. The molecule has 10 heteroatoms. The van der Waals surface area contributed by atoms with E-state index in [-0.39, 0.29) is 5.91 Å². The molecule has 8 nitrogen and oxygen atoms in total. The highest BCUT2D eigenvalue weighted by atomic mass is 35.5. The predicted molar refractivity (Wildman–Crippen MR) is 174 cm³/mol. The van der Waals surface area contributed by atoms with Crippen molar-refractivity contribution in [3.63, 3.8) is 0 Å². The number of nitrogens with zero attached hydrogens (tertiary/aromatic N) is 6. The fourth-order valence-electron chi connectivity index (χ4n) is 5.68. The van der Waals surface area contributed by atoms with Gasteiger partial charge < -0.3 is 19.1 Å². The Bertz CT molecular complexity index is 1750. The normalized spacial score (nSPS) is 13.7. The van der Waals surface area contributed by atoms with Crippen LogP contribution in [0.3, 0.4) is 0 Å². The number of carbonyl (C=O) groups is 1. The summed E-state index contributed by atoms with van der Waals surface area (Å²) in [7, 11) is 1.70. The number of rotatable bonds is 10. The maximum Gasteiger partial charge on any atom is 0.222 e. The van der Waals surface area contributed by atoms with Gasteiger partial charge in [0.1, 0.15) is 11.3 Å². The molecule has 43 heavy (non-hydrogen) atoms. The summed E-state index contributed by atoms with van der Waals surface area (Å²) in [5.41, 5.74) is 6.06. The number of piperazine rings is 1. The highest BCUT2D eigenvalue weighted by Gasteiger charge is 2.22. The zero-order valence-corrected chi connectivity index (χ0v) is 26.1. The van der Waals surface area contributed by atoms with Gasteiger partial charge >= 0.3 is 0 Å². The third kappa shape index (κ3) is 6.58. The number of hydrogen-bond donors (Lipinski definition) is 0. The molecule has 5 aromatic rings. The van der Waals surface area contributed by atoms with Crippen LogP contribution >= 0.6 is 23.4 Å². The van der Waals surface area contributed by atoms with Gasteiger partial charge in [0, 0.05) is 55.3 Å². The number of methoxy groups -OCH3 is 1. The number of ether oxygens (including phenoxy) is 1. The lowest BCUT2D eigenvalue weighted by atomic mass is 10.1. The first-order valence-corrected chi connectivity index (χ1v) is 16.0. The van der Waals surface area contributed by atoms with Crippen LogP contribution in [0.4, 0.5) is 5.69 Å². The van der Waals surface area contributed by atoms with Crippen LogP contribution in [0.2, 0.25) is 5.02 Å². The monoisotopic (exact) mass is 614 g/mol. The van der Waals surface area contributed by atoms with E-state index in [1.807, 2.05) is 41.3 Å². The minimum atomic E-state index is 0.227. The van der Waals surface area contributed by atoms with Crippen molar-refractivity contribution in [1.29, 1.82) is 0 Å². The summed E-state index contributed by atoms with van der Waals surface area (Å²) in [6.45, 7) is 5.80. The average Bonchev–Trinajstić information content (AvgIpc) is 3.32. The van der Waals surface area contributed by atoms with Crippen LogP contribution in [0.15, 0.2) is 71.9 Å². The highest BCUT2D eigenvalue weighted by Crippen LogP contribution is 2.30. The average molecular weight is 615 g/mol. The summed E-state index contributed by atoms with van der Waals surface area (Å²) >= 11 is 7.86. The van der Waals surface area contributed by atoms with Gasteiger partial charge in [-0.2, -0.15) is 0 Å². The Morgan fingerprint density at radius 2 is 1.81 bits per heavy atom. The number of aromatic nitrogens is 4. The van der Waals surface area contributed by atoms with Gasteiger partial charge in [-0.1, -0.05) is 59.3 Å². The number of anilines is 1. The third-order valence-electron chi connectivity index (χ3n) is 7.91. The molecule has 0 bridgehead atoms. The smallest absolute Gasteiger partial charge is 0.222 e. The molecular formula is C33H35ClN6O2S. The maximum absolute atomic E-state index is 12.9. The quantitative estimate of drug-likeness (QED) is 0.129. The molecule has 0 radical (unpaired) electrons. The molecule has 222 valence electrons. The molecule has 0 atom stereocenters. The van der Waals surface area contributed by atoms with Crippen molar-refractivity contribution in [3.8, 4) is 5.75 Å². The molecule has 2 aromatic heterocycles. The van der Waals surface area contributed by atoms with Crippen molar-refractivity contribution in [1.82, 2.24) is 24.6 Å². The molecular weight excluding hydrogens is 580 g/mol. The summed E-state index contributed by atoms with van der Waals surface area (Å²) in [6, 6.07) is 22.3. The molecule has 1 fully saturated rings. The van der Waals surface area contributed by atoms with E-state index in [4.69, 9.17) is 21.3 Å². The predicted octanol–water partition coefficient (Wildman–Crippen LogP) is 6.61. The number of amides is 1. The Morgan fingerprint density at radius 1 is 0.977 bits per heavy atom. The number of fused-ring (bicyclic) bond motifs is 3. The zero-order chi connectivity index (χ0) is 29.8. The molecule has 3 aromatic carbocycles. The second-order valence-corrected chi connectivity index (χ2v) is 12.3. The van der Waals surface area contributed by atoms with Crippen molar-refractivity contribution >= 4 is 57.0 Å². The van der Waals surface area contributed by atoms with E-state index in [2.05, 4.69) is 56.9 Å².